The largest absolute Gasteiger partial charge is 0.396 e. The summed E-state index contributed by atoms with van der Waals surface area (Å²) < 4.78 is 0. The Bertz CT molecular complexity index is 286. The number of rotatable bonds is 3. The first-order valence-electron chi connectivity index (χ1n) is 7.27. The first-order valence-corrected chi connectivity index (χ1v) is 7.27. The van der Waals surface area contributed by atoms with Gasteiger partial charge in [-0.3, -0.25) is 4.79 Å². The van der Waals surface area contributed by atoms with E-state index in [4.69, 9.17) is 5.11 Å². The van der Waals surface area contributed by atoms with Gasteiger partial charge in [0.1, 0.15) is 0 Å². The van der Waals surface area contributed by atoms with Crippen molar-refractivity contribution in [2.24, 2.45) is 11.3 Å². The maximum Gasteiger partial charge on any atom is 0.229 e. The Balaban J connectivity index is 1.95. The van der Waals surface area contributed by atoms with Gasteiger partial charge < -0.3 is 15.3 Å². The highest BCUT2D eigenvalue weighted by molar-refractivity contribution is 5.82. The third-order valence-corrected chi connectivity index (χ3v) is 4.46. The molecule has 2 unspecified atom stereocenters. The molecule has 2 atom stereocenters. The van der Waals surface area contributed by atoms with Crippen molar-refractivity contribution in [1.82, 2.24) is 10.2 Å². The molecule has 4 heteroatoms. The Morgan fingerprint density at radius 1 is 1.50 bits per heavy atom. The van der Waals surface area contributed by atoms with E-state index in [9.17, 15) is 4.79 Å². The van der Waals surface area contributed by atoms with Gasteiger partial charge in [-0.1, -0.05) is 0 Å². The van der Waals surface area contributed by atoms with Crippen LogP contribution in [0.2, 0.25) is 0 Å². The van der Waals surface area contributed by atoms with E-state index in [-0.39, 0.29) is 12.0 Å². The number of piperidine rings is 2. The van der Waals surface area contributed by atoms with E-state index in [1.54, 1.807) is 0 Å². The summed E-state index contributed by atoms with van der Waals surface area (Å²) in [6, 6.07) is 0. The molecule has 1 amide bonds. The number of hydrogen-bond acceptors (Lipinski definition) is 3. The predicted octanol–water partition coefficient (Wildman–Crippen LogP) is 0.997. The molecule has 0 aromatic carbocycles. The first kappa shape index (κ1) is 13.8. The number of hydrogen-bond donors (Lipinski definition) is 2. The van der Waals surface area contributed by atoms with Gasteiger partial charge in [0, 0.05) is 26.2 Å². The van der Waals surface area contributed by atoms with Gasteiger partial charge >= 0.3 is 0 Å². The van der Waals surface area contributed by atoms with Crippen molar-refractivity contribution in [3.05, 3.63) is 0 Å². The molecule has 0 radical (unpaired) electrons. The Morgan fingerprint density at radius 3 is 3.00 bits per heavy atom. The number of nitrogens with one attached hydrogen (secondary N) is 1. The quantitative estimate of drug-likeness (QED) is 0.790. The molecule has 4 nitrogen and oxygen atoms in total. The van der Waals surface area contributed by atoms with E-state index in [2.05, 4.69) is 12.2 Å². The van der Waals surface area contributed by atoms with Gasteiger partial charge in [-0.2, -0.15) is 0 Å². The first-order chi connectivity index (χ1) is 8.65. The van der Waals surface area contributed by atoms with Crippen molar-refractivity contribution in [3.63, 3.8) is 0 Å². The lowest BCUT2D eigenvalue weighted by Crippen LogP contribution is -2.52. The molecule has 2 fully saturated rings. The number of likely N-dealkylation sites (tertiary alicyclic amines) is 1. The van der Waals surface area contributed by atoms with Crippen LogP contribution in [0.15, 0.2) is 0 Å². The lowest BCUT2D eigenvalue weighted by Gasteiger charge is -2.40. The van der Waals surface area contributed by atoms with E-state index in [0.717, 1.165) is 58.3 Å². The highest BCUT2D eigenvalue weighted by Gasteiger charge is 2.38. The van der Waals surface area contributed by atoms with Gasteiger partial charge in [0.05, 0.1) is 5.41 Å². The number of amides is 1. The predicted molar refractivity (Wildman–Crippen MR) is 71.2 cm³/mol. The van der Waals surface area contributed by atoms with Crippen LogP contribution in [0.5, 0.6) is 0 Å². The molecule has 2 aliphatic rings. The molecular weight excluding hydrogens is 228 g/mol. The molecule has 2 heterocycles. The number of aliphatic hydroxyl groups excluding tert-OH is 1. The van der Waals surface area contributed by atoms with Crippen LogP contribution in [0.3, 0.4) is 0 Å². The molecule has 0 aliphatic carbocycles. The highest BCUT2D eigenvalue weighted by Crippen LogP contribution is 2.30. The molecule has 104 valence electrons. The van der Waals surface area contributed by atoms with Crippen LogP contribution in [0.25, 0.3) is 0 Å². The standard InChI is InChI=1S/C14H26N2O2/c1-14(6-3-7-15-11-14)13(18)16-8-2-4-12(10-16)5-9-17/h12,15,17H,2-11H2,1H3. The fourth-order valence-electron chi connectivity index (χ4n) is 3.29. The molecule has 2 rings (SSSR count). The third kappa shape index (κ3) is 3.04. The number of carbonyl (C=O) groups excluding carboxylic acids is 1. The molecular formula is C14H26N2O2. The minimum Gasteiger partial charge on any atom is -0.396 e. The van der Waals surface area contributed by atoms with Crippen molar-refractivity contribution in [2.75, 3.05) is 32.8 Å². The minimum absolute atomic E-state index is 0.209. The Labute approximate surface area is 110 Å². The smallest absolute Gasteiger partial charge is 0.229 e. The van der Waals surface area contributed by atoms with Crippen LogP contribution in [0, 0.1) is 11.3 Å². The van der Waals surface area contributed by atoms with E-state index < -0.39 is 0 Å². The minimum atomic E-state index is -0.209. The summed E-state index contributed by atoms with van der Waals surface area (Å²) in [6.45, 7) is 5.93. The molecule has 0 aromatic rings. The lowest BCUT2D eigenvalue weighted by atomic mass is 9.80. The maximum absolute atomic E-state index is 12.6. The van der Waals surface area contributed by atoms with Gasteiger partial charge in [0.2, 0.25) is 5.91 Å². The zero-order chi connectivity index (χ0) is 13.0. The molecule has 0 saturated carbocycles. The number of aliphatic hydroxyl groups is 1. The Morgan fingerprint density at radius 2 is 2.33 bits per heavy atom. The molecule has 0 bridgehead atoms. The van der Waals surface area contributed by atoms with Gasteiger partial charge in [-0.25, -0.2) is 0 Å². The lowest BCUT2D eigenvalue weighted by molar-refractivity contribution is -0.144. The second-order valence-electron chi connectivity index (χ2n) is 6.11. The molecule has 0 spiro atoms. The van der Waals surface area contributed by atoms with Crippen molar-refractivity contribution >= 4 is 5.91 Å². The van der Waals surface area contributed by atoms with Crippen LogP contribution < -0.4 is 5.32 Å². The summed E-state index contributed by atoms with van der Waals surface area (Å²) >= 11 is 0. The second kappa shape index (κ2) is 6.02. The molecule has 0 aromatic heterocycles. The summed E-state index contributed by atoms with van der Waals surface area (Å²) in [4.78, 5) is 14.7. The van der Waals surface area contributed by atoms with Crippen molar-refractivity contribution in [2.45, 2.75) is 39.0 Å². The fraction of sp³-hybridized carbons (Fsp3) is 0.929. The molecule has 18 heavy (non-hydrogen) atoms. The summed E-state index contributed by atoms with van der Waals surface area (Å²) in [5.41, 5.74) is -0.209. The maximum atomic E-state index is 12.6. The summed E-state index contributed by atoms with van der Waals surface area (Å²) in [5, 5.41) is 12.4. The highest BCUT2D eigenvalue weighted by atomic mass is 16.3. The third-order valence-electron chi connectivity index (χ3n) is 4.46. The van der Waals surface area contributed by atoms with Gasteiger partial charge in [-0.15, -0.1) is 0 Å². The number of nitrogens with zero attached hydrogens (tertiary/aromatic N) is 1. The van der Waals surface area contributed by atoms with E-state index in [1.807, 2.05) is 4.90 Å². The topological polar surface area (TPSA) is 52.6 Å². The van der Waals surface area contributed by atoms with E-state index in [0.29, 0.717) is 11.8 Å². The Kier molecular flexibility index (Phi) is 4.62. The normalized spacial score (nSPS) is 33.4. The summed E-state index contributed by atoms with van der Waals surface area (Å²) in [7, 11) is 0. The summed E-state index contributed by atoms with van der Waals surface area (Å²) in [6.07, 6.45) is 5.16. The molecule has 2 aliphatic heterocycles. The summed E-state index contributed by atoms with van der Waals surface area (Å²) in [5.74, 6) is 0.810. The Hall–Kier alpha value is -0.610. The SMILES string of the molecule is CC1(C(=O)N2CCCC(CCO)C2)CCCNC1. The van der Waals surface area contributed by atoms with Crippen LogP contribution in [0.1, 0.15) is 39.0 Å². The zero-order valence-electron chi connectivity index (χ0n) is 11.5. The van der Waals surface area contributed by atoms with Crippen LogP contribution >= 0.6 is 0 Å². The number of carbonyl (C=O) groups is 1. The second-order valence-corrected chi connectivity index (χ2v) is 6.11. The van der Waals surface area contributed by atoms with Gasteiger partial charge in [0.15, 0.2) is 0 Å². The molecule has 2 N–H and O–H groups in total. The van der Waals surface area contributed by atoms with Gasteiger partial charge in [-0.05, 0) is 51.5 Å². The van der Waals surface area contributed by atoms with Crippen LogP contribution in [0.4, 0.5) is 0 Å². The van der Waals surface area contributed by atoms with Crippen molar-refractivity contribution < 1.29 is 9.90 Å². The zero-order valence-corrected chi connectivity index (χ0v) is 11.5. The monoisotopic (exact) mass is 254 g/mol. The van der Waals surface area contributed by atoms with E-state index >= 15 is 0 Å². The average Bonchev–Trinajstić information content (AvgIpc) is 2.39. The van der Waals surface area contributed by atoms with Crippen LogP contribution in [-0.4, -0.2) is 48.7 Å². The fourth-order valence-corrected chi connectivity index (χ4v) is 3.29. The van der Waals surface area contributed by atoms with E-state index in [1.165, 1.54) is 0 Å². The van der Waals surface area contributed by atoms with Crippen molar-refractivity contribution in [1.29, 1.82) is 0 Å². The molecule has 2 saturated heterocycles. The van der Waals surface area contributed by atoms with Crippen molar-refractivity contribution in [3.8, 4) is 0 Å². The average molecular weight is 254 g/mol. The van der Waals surface area contributed by atoms with Crippen LogP contribution in [-0.2, 0) is 4.79 Å². The van der Waals surface area contributed by atoms with Gasteiger partial charge in [0.25, 0.3) is 0 Å².